The molecule has 1 N–H and O–H groups in total. The lowest BCUT2D eigenvalue weighted by atomic mass is 10.1. The molecule has 0 radical (unpaired) electrons. The van der Waals surface area contributed by atoms with Crippen LogP contribution in [0.4, 0.5) is 0 Å². The molecule has 1 aromatic carbocycles. The lowest BCUT2D eigenvalue weighted by molar-refractivity contribution is -0.141. The molecule has 126 valence electrons. The van der Waals surface area contributed by atoms with Gasteiger partial charge in [0.05, 0.1) is 5.92 Å². The predicted molar refractivity (Wildman–Crippen MR) is 88.8 cm³/mol. The van der Waals surface area contributed by atoms with Gasteiger partial charge in [-0.3, -0.25) is 9.59 Å². The number of carboxylic acids is 1. The lowest BCUT2D eigenvalue weighted by Gasteiger charge is -2.13. The summed E-state index contributed by atoms with van der Waals surface area (Å²) in [5.74, 6) is -0.205. The fourth-order valence-electron chi connectivity index (χ4n) is 2.56. The minimum atomic E-state index is -0.867. The van der Waals surface area contributed by atoms with E-state index in [1.807, 2.05) is 24.3 Å². The molecule has 1 amide bonds. The molecule has 1 aliphatic rings. The second kappa shape index (κ2) is 7.09. The quantitative estimate of drug-likeness (QED) is 0.843. The SMILES string of the molecule is O=C(O)C1CCN(C(=O)c2ccc(COc3ccc(Br)cc3)o2)C1. The zero-order valence-electron chi connectivity index (χ0n) is 12.8. The number of furan rings is 1. The summed E-state index contributed by atoms with van der Waals surface area (Å²) in [6, 6.07) is 10.7. The number of carboxylic acid groups (broad SMARTS) is 1. The Morgan fingerprint density at radius 3 is 2.67 bits per heavy atom. The maximum atomic E-state index is 12.3. The third-order valence-corrected chi connectivity index (χ3v) is 4.42. The maximum Gasteiger partial charge on any atom is 0.308 e. The summed E-state index contributed by atoms with van der Waals surface area (Å²) in [5.41, 5.74) is 0. The van der Waals surface area contributed by atoms with Gasteiger partial charge in [-0.1, -0.05) is 15.9 Å². The van der Waals surface area contributed by atoms with Crippen molar-refractivity contribution in [1.82, 2.24) is 4.90 Å². The number of amides is 1. The van der Waals surface area contributed by atoms with Crippen LogP contribution in [-0.4, -0.2) is 35.0 Å². The van der Waals surface area contributed by atoms with Gasteiger partial charge < -0.3 is 19.2 Å². The van der Waals surface area contributed by atoms with Crippen LogP contribution in [0.1, 0.15) is 22.7 Å². The van der Waals surface area contributed by atoms with Crippen LogP contribution in [-0.2, 0) is 11.4 Å². The highest BCUT2D eigenvalue weighted by Crippen LogP contribution is 2.21. The fourth-order valence-corrected chi connectivity index (χ4v) is 2.82. The van der Waals surface area contributed by atoms with Crippen molar-refractivity contribution in [3.63, 3.8) is 0 Å². The summed E-state index contributed by atoms with van der Waals surface area (Å²) < 4.78 is 12.1. The Morgan fingerprint density at radius 1 is 1.25 bits per heavy atom. The van der Waals surface area contributed by atoms with Crippen LogP contribution in [0.25, 0.3) is 0 Å². The molecule has 3 rings (SSSR count). The average molecular weight is 394 g/mol. The minimum absolute atomic E-state index is 0.204. The zero-order valence-corrected chi connectivity index (χ0v) is 14.4. The fraction of sp³-hybridized carbons (Fsp3) is 0.294. The first-order valence-corrected chi connectivity index (χ1v) is 8.31. The summed E-state index contributed by atoms with van der Waals surface area (Å²) in [6.45, 7) is 0.869. The highest BCUT2D eigenvalue weighted by molar-refractivity contribution is 9.10. The first-order chi connectivity index (χ1) is 11.5. The van der Waals surface area contributed by atoms with Gasteiger partial charge in [0.1, 0.15) is 18.1 Å². The highest BCUT2D eigenvalue weighted by Gasteiger charge is 2.32. The van der Waals surface area contributed by atoms with E-state index in [0.717, 1.165) is 4.47 Å². The molecule has 2 heterocycles. The van der Waals surface area contributed by atoms with E-state index >= 15 is 0 Å². The number of hydrogen-bond acceptors (Lipinski definition) is 4. The molecule has 1 aromatic heterocycles. The van der Waals surface area contributed by atoms with Crippen molar-refractivity contribution in [3.05, 3.63) is 52.4 Å². The van der Waals surface area contributed by atoms with Crippen molar-refractivity contribution >= 4 is 27.8 Å². The Kier molecular flexibility index (Phi) is 4.89. The molecule has 0 spiro atoms. The topological polar surface area (TPSA) is 80.0 Å². The van der Waals surface area contributed by atoms with Crippen LogP contribution in [0.2, 0.25) is 0 Å². The van der Waals surface area contributed by atoms with Gasteiger partial charge in [-0.05, 0) is 42.8 Å². The van der Waals surface area contributed by atoms with Crippen LogP contribution in [0.15, 0.2) is 45.3 Å². The van der Waals surface area contributed by atoms with Crippen LogP contribution in [0.3, 0.4) is 0 Å². The van der Waals surface area contributed by atoms with Crippen LogP contribution < -0.4 is 4.74 Å². The summed E-state index contributed by atoms with van der Waals surface area (Å²) in [5, 5.41) is 9.00. The molecular formula is C17H16BrNO5. The number of halogens is 1. The van der Waals surface area contributed by atoms with E-state index in [0.29, 0.717) is 24.5 Å². The molecule has 1 unspecified atom stereocenters. The normalized spacial score (nSPS) is 17.0. The van der Waals surface area contributed by atoms with E-state index in [1.165, 1.54) is 4.90 Å². The third-order valence-electron chi connectivity index (χ3n) is 3.89. The molecule has 0 aliphatic carbocycles. The summed E-state index contributed by atoms with van der Waals surface area (Å²) in [7, 11) is 0. The Bertz CT molecular complexity index is 740. The summed E-state index contributed by atoms with van der Waals surface area (Å²) in [4.78, 5) is 24.8. The van der Waals surface area contributed by atoms with Gasteiger partial charge in [-0.25, -0.2) is 0 Å². The molecule has 0 saturated carbocycles. The van der Waals surface area contributed by atoms with E-state index in [9.17, 15) is 9.59 Å². The van der Waals surface area contributed by atoms with Crippen molar-refractivity contribution in [2.45, 2.75) is 13.0 Å². The van der Waals surface area contributed by atoms with Gasteiger partial charge in [0.25, 0.3) is 5.91 Å². The second-order valence-corrected chi connectivity index (χ2v) is 6.50. The average Bonchev–Trinajstić information content (AvgIpc) is 3.23. The number of benzene rings is 1. The molecule has 1 fully saturated rings. The van der Waals surface area contributed by atoms with Crippen molar-refractivity contribution in [3.8, 4) is 5.75 Å². The molecule has 6 nitrogen and oxygen atoms in total. The van der Waals surface area contributed by atoms with E-state index in [1.54, 1.807) is 12.1 Å². The van der Waals surface area contributed by atoms with Crippen molar-refractivity contribution in [1.29, 1.82) is 0 Å². The molecule has 1 saturated heterocycles. The summed E-state index contributed by atoms with van der Waals surface area (Å²) >= 11 is 3.35. The van der Waals surface area contributed by atoms with Crippen LogP contribution in [0.5, 0.6) is 5.75 Å². The molecule has 1 aliphatic heterocycles. The van der Waals surface area contributed by atoms with Crippen LogP contribution in [0, 0.1) is 5.92 Å². The maximum absolute atomic E-state index is 12.3. The van der Waals surface area contributed by atoms with E-state index < -0.39 is 11.9 Å². The smallest absolute Gasteiger partial charge is 0.308 e. The molecule has 1 atom stereocenters. The molecule has 0 bridgehead atoms. The largest absolute Gasteiger partial charge is 0.486 e. The first kappa shape index (κ1) is 16.6. The monoisotopic (exact) mass is 393 g/mol. The molecule has 2 aromatic rings. The number of aliphatic carboxylic acids is 1. The lowest BCUT2D eigenvalue weighted by Crippen LogP contribution is -2.29. The van der Waals surface area contributed by atoms with E-state index in [4.69, 9.17) is 14.3 Å². The summed E-state index contributed by atoms with van der Waals surface area (Å²) in [6.07, 6.45) is 0.474. The number of carbonyl (C=O) groups is 2. The van der Waals surface area contributed by atoms with Gasteiger partial charge in [0, 0.05) is 17.6 Å². The standard InChI is InChI=1S/C17H16BrNO5/c18-12-1-3-13(4-2-12)23-10-14-5-6-15(24-14)16(20)19-8-7-11(9-19)17(21)22/h1-6,11H,7-10H2,(H,21,22). The van der Waals surface area contributed by atoms with Gasteiger partial charge >= 0.3 is 5.97 Å². The Balaban J connectivity index is 1.58. The second-order valence-electron chi connectivity index (χ2n) is 5.58. The number of carbonyl (C=O) groups excluding carboxylic acids is 1. The van der Waals surface area contributed by atoms with Gasteiger partial charge in [-0.2, -0.15) is 0 Å². The Morgan fingerprint density at radius 2 is 2.00 bits per heavy atom. The number of rotatable bonds is 5. The molecule has 24 heavy (non-hydrogen) atoms. The number of ether oxygens (including phenoxy) is 1. The molecule has 7 heteroatoms. The van der Waals surface area contributed by atoms with Gasteiger partial charge in [0.2, 0.25) is 0 Å². The van der Waals surface area contributed by atoms with E-state index in [-0.39, 0.29) is 24.8 Å². The van der Waals surface area contributed by atoms with E-state index in [2.05, 4.69) is 15.9 Å². The zero-order chi connectivity index (χ0) is 17.1. The highest BCUT2D eigenvalue weighted by atomic mass is 79.9. The van der Waals surface area contributed by atoms with Crippen molar-refractivity contribution < 1.29 is 23.8 Å². The van der Waals surface area contributed by atoms with Gasteiger partial charge in [0.15, 0.2) is 5.76 Å². The van der Waals surface area contributed by atoms with Crippen LogP contribution >= 0.6 is 15.9 Å². The molecular weight excluding hydrogens is 378 g/mol. The number of likely N-dealkylation sites (tertiary alicyclic amines) is 1. The van der Waals surface area contributed by atoms with Gasteiger partial charge in [-0.15, -0.1) is 0 Å². The Labute approximate surface area is 147 Å². The third kappa shape index (κ3) is 3.79. The number of nitrogens with zero attached hydrogens (tertiary/aromatic N) is 1. The predicted octanol–water partition coefficient (Wildman–Crippen LogP) is 3.17. The number of hydrogen-bond donors (Lipinski definition) is 1. The van der Waals surface area contributed by atoms with Crippen molar-refractivity contribution in [2.75, 3.05) is 13.1 Å². The first-order valence-electron chi connectivity index (χ1n) is 7.52. The van der Waals surface area contributed by atoms with Crippen molar-refractivity contribution in [2.24, 2.45) is 5.92 Å². The minimum Gasteiger partial charge on any atom is -0.486 e. The Hall–Kier alpha value is -2.28.